The molecule has 0 bridgehead atoms. The molecule has 0 aliphatic rings. The number of hydrogen-bond donors (Lipinski definition) is 2. The van der Waals surface area contributed by atoms with Crippen LogP contribution in [0.2, 0.25) is 0 Å². The number of benzene rings is 2. The van der Waals surface area contributed by atoms with Gasteiger partial charge in [0.05, 0.1) is 19.8 Å². The Morgan fingerprint density at radius 1 is 0.963 bits per heavy atom. The number of carbonyl (C=O) groups excluding carboxylic acids is 1. The highest BCUT2D eigenvalue weighted by atomic mass is 19.4. The molecule has 0 saturated carbocycles. The van der Waals surface area contributed by atoms with E-state index in [9.17, 15) is 28.2 Å². The van der Waals surface area contributed by atoms with E-state index < -0.39 is 24.0 Å². The van der Waals surface area contributed by atoms with E-state index in [-0.39, 0.29) is 16.9 Å². The fourth-order valence-electron chi connectivity index (χ4n) is 2.30. The van der Waals surface area contributed by atoms with Crippen LogP contribution in [0.25, 0.3) is 0 Å². The fourth-order valence-corrected chi connectivity index (χ4v) is 2.30. The van der Waals surface area contributed by atoms with Gasteiger partial charge in [0.1, 0.15) is 0 Å². The number of rotatable bonds is 6. The zero-order valence-corrected chi connectivity index (χ0v) is 14.4. The highest BCUT2D eigenvalue weighted by Gasteiger charge is 2.60. The van der Waals surface area contributed by atoms with E-state index in [4.69, 9.17) is 14.2 Å². The summed E-state index contributed by atoms with van der Waals surface area (Å²) in [6.07, 6.45) is -7.87. The van der Waals surface area contributed by atoms with Gasteiger partial charge >= 0.3 is 17.9 Å². The predicted octanol–water partition coefficient (Wildman–Crippen LogP) is 2.85. The van der Waals surface area contributed by atoms with Crippen LogP contribution >= 0.6 is 0 Å². The number of halogens is 3. The summed E-state index contributed by atoms with van der Waals surface area (Å²) in [5.74, 6) is -5.05. The number of methoxy groups -OCH3 is 2. The molecule has 1 unspecified atom stereocenters. The van der Waals surface area contributed by atoms with Gasteiger partial charge in [-0.3, -0.25) is 0 Å². The van der Waals surface area contributed by atoms with Crippen LogP contribution in [0.1, 0.15) is 22.0 Å². The molecular formula is C18H17F3O6. The second kappa shape index (κ2) is 7.85. The summed E-state index contributed by atoms with van der Waals surface area (Å²) in [6.45, 7) is 0. The number of aliphatic hydroxyl groups is 2. The quantitative estimate of drug-likeness (QED) is 0.587. The van der Waals surface area contributed by atoms with Gasteiger partial charge in [-0.05, 0) is 23.8 Å². The lowest BCUT2D eigenvalue weighted by Crippen LogP contribution is -2.51. The number of alkyl halides is 3. The molecule has 0 heterocycles. The monoisotopic (exact) mass is 386 g/mol. The smallest absolute Gasteiger partial charge is 0.447 e. The molecule has 0 aliphatic heterocycles. The molecule has 0 spiro atoms. The Morgan fingerprint density at radius 3 is 2.07 bits per heavy atom. The average Bonchev–Trinajstić information content (AvgIpc) is 2.64. The van der Waals surface area contributed by atoms with Gasteiger partial charge in [0.15, 0.2) is 17.6 Å². The fraction of sp³-hybridized carbons (Fsp3) is 0.278. The summed E-state index contributed by atoms with van der Waals surface area (Å²) in [4.78, 5) is 12.4. The Morgan fingerprint density at radius 2 is 1.56 bits per heavy atom. The maximum Gasteiger partial charge on any atom is 0.447 e. The van der Waals surface area contributed by atoms with Gasteiger partial charge in [0.2, 0.25) is 0 Å². The molecular weight excluding hydrogens is 369 g/mol. The standard InChI is InChI=1S/C18H17F3O6/c1-25-13-9-8-12(10-14(13)26-2)16(22)27-15(11-6-4-3-5-7-11)17(23,24)18(19,20)21/h3-10,15,23-24H,1-2H3. The minimum absolute atomic E-state index is 0.151. The zero-order valence-electron chi connectivity index (χ0n) is 14.4. The van der Waals surface area contributed by atoms with E-state index in [0.29, 0.717) is 5.75 Å². The van der Waals surface area contributed by atoms with E-state index in [1.165, 1.54) is 62.8 Å². The van der Waals surface area contributed by atoms with Gasteiger partial charge in [-0.15, -0.1) is 0 Å². The first-order chi connectivity index (χ1) is 12.6. The molecule has 27 heavy (non-hydrogen) atoms. The molecule has 9 heteroatoms. The van der Waals surface area contributed by atoms with Crippen molar-refractivity contribution in [2.45, 2.75) is 18.1 Å². The number of ether oxygens (including phenoxy) is 3. The van der Waals surface area contributed by atoms with Crippen LogP contribution < -0.4 is 9.47 Å². The Bertz CT molecular complexity index is 789. The van der Waals surface area contributed by atoms with Crippen molar-refractivity contribution in [3.05, 3.63) is 59.7 Å². The van der Waals surface area contributed by atoms with Crippen LogP contribution in [0.4, 0.5) is 13.2 Å². The SMILES string of the molecule is COc1ccc(C(=O)OC(c2ccccc2)C(O)(O)C(F)(F)F)cc1OC. The van der Waals surface area contributed by atoms with Gasteiger partial charge in [-0.2, -0.15) is 13.2 Å². The molecule has 1 atom stereocenters. The lowest BCUT2D eigenvalue weighted by molar-refractivity contribution is -0.379. The van der Waals surface area contributed by atoms with Gasteiger partial charge in [-0.1, -0.05) is 30.3 Å². The maximum absolute atomic E-state index is 13.1. The van der Waals surface area contributed by atoms with Crippen molar-refractivity contribution in [1.29, 1.82) is 0 Å². The average molecular weight is 386 g/mol. The number of carbonyl (C=O) groups is 1. The summed E-state index contributed by atoms with van der Waals surface area (Å²) in [5.41, 5.74) is -0.403. The highest BCUT2D eigenvalue weighted by molar-refractivity contribution is 5.90. The first-order valence-corrected chi connectivity index (χ1v) is 7.61. The van der Waals surface area contributed by atoms with Crippen molar-refractivity contribution < 1.29 is 42.4 Å². The van der Waals surface area contributed by atoms with Gasteiger partial charge in [0, 0.05) is 0 Å². The molecule has 0 aliphatic carbocycles. The van der Waals surface area contributed by atoms with Crippen LogP contribution in [-0.2, 0) is 4.74 Å². The summed E-state index contributed by atoms with van der Waals surface area (Å²) in [5, 5.41) is 19.3. The van der Waals surface area contributed by atoms with Crippen molar-refractivity contribution >= 4 is 5.97 Å². The Kier molecular flexibility index (Phi) is 5.97. The summed E-state index contributed by atoms with van der Waals surface area (Å²) < 4.78 is 54.2. The minimum atomic E-state index is -5.47. The van der Waals surface area contributed by atoms with Crippen molar-refractivity contribution in [3.63, 3.8) is 0 Å². The minimum Gasteiger partial charge on any atom is -0.493 e. The van der Waals surface area contributed by atoms with Crippen LogP contribution in [0.15, 0.2) is 48.5 Å². The molecule has 146 valence electrons. The van der Waals surface area contributed by atoms with Crippen LogP contribution in [0.3, 0.4) is 0 Å². The molecule has 0 radical (unpaired) electrons. The van der Waals surface area contributed by atoms with E-state index in [1.54, 1.807) is 0 Å². The molecule has 0 aromatic heterocycles. The van der Waals surface area contributed by atoms with Crippen molar-refractivity contribution in [2.24, 2.45) is 0 Å². The van der Waals surface area contributed by atoms with Gasteiger partial charge in [0.25, 0.3) is 0 Å². The largest absolute Gasteiger partial charge is 0.493 e. The molecule has 0 fully saturated rings. The maximum atomic E-state index is 13.1. The third kappa shape index (κ3) is 4.32. The zero-order chi connectivity index (χ0) is 20.2. The van der Waals surface area contributed by atoms with Crippen molar-refractivity contribution in [1.82, 2.24) is 0 Å². The van der Waals surface area contributed by atoms with E-state index >= 15 is 0 Å². The molecule has 2 rings (SSSR count). The summed E-state index contributed by atoms with van der Waals surface area (Å²) in [6, 6.07) is 10.4. The summed E-state index contributed by atoms with van der Waals surface area (Å²) in [7, 11) is 2.69. The molecule has 0 saturated heterocycles. The number of esters is 1. The third-order valence-corrected chi connectivity index (χ3v) is 3.73. The first-order valence-electron chi connectivity index (χ1n) is 7.61. The Hall–Kier alpha value is -2.78. The van der Waals surface area contributed by atoms with E-state index in [1.807, 2.05) is 0 Å². The first kappa shape index (κ1) is 20.5. The Labute approximate surface area is 152 Å². The Balaban J connectivity index is 2.40. The lowest BCUT2D eigenvalue weighted by atomic mass is 10.0. The lowest BCUT2D eigenvalue weighted by Gasteiger charge is -2.32. The van der Waals surface area contributed by atoms with Crippen LogP contribution in [0, 0.1) is 0 Å². The van der Waals surface area contributed by atoms with Gasteiger partial charge < -0.3 is 24.4 Å². The van der Waals surface area contributed by atoms with E-state index in [2.05, 4.69) is 0 Å². The third-order valence-electron chi connectivity index (χ3n) is 3.73. The number of hydrogen-bond acceptors (Lipinski definition) is 6. The molecule has 6 nitrogen and oxygen atoms in total. The highest BCUT2D eigenvalue weighted by Crippen LogP contribution is 2.41. The molecule has 2 N–H and O–H groups in total. The van der Waals surface area contributed by atoms with Gasteiger partial charge in [-0.25, -0.2) is 4.79 Å². The topological polar surface area (TPSA) is 85.2 Å². The van der Waals surface area contributed by atoms with Crippen LogP contribution in [0.5, 0.6) is 11.5 Å². The second-order valence-electron chi connectivity index (χ2n) is 5.49. The van der Waals surface area contributed by atoms with Crippen LogP contribution in [-0.4, -0.2) is 42.4 Å². The summed E-state index contributed by atoms with van der Waals surface area (Å²) >= 11 is 0. The van der Waals surface area contributed by atoms with Crippen molar-refractivity contribution in [3.8, 4) is 11.5 Å². The van der Waals surface area contributed by atoms with Crippen molar-refractivity contribution in [2.75, 3.05) is 14.2 Å². The van der Waals surface area contributed by atoms with E-state index in [0.717, 1.165) is 0 Å². The molecule has 2 aromatic carbocycles. The molecule has 2 aromatic rings. The predicted molar refractivity (Wildman–Crippen MR) is 87.4 cm³/mol. The second-order valence-corrected chi connectivity index (χ2v) is 5.49. The normalized spacial score (nSPS) is 13.0. The molecule has 0 amide bonds.